The van der Waals surface area contributed by atoms with Crippen molar-refractivity contribution in [1.82, 2.24) is 14.7 Å². The first-order valence-corrected chi connectivity index (χ1v) is 10.7. The number of halogens is 4. The van der Waals surface area contributed by atoms with Crippen LogP contribution in [0.2, 0.25) is 0 Å². The van der Waals surface area contributed by atoms with E-state index in [2.05, 4.69) is 10.3 Å². The summed E-state index contributed by atoms with van der Waals surface area (Å²) in [5.41, 5.74) is 7.35. The molecule has 2 aromatic heterocycles. The number of nitrogens with two attached hydrogens (primary N) is 1. The zero-order valence-corrected chi connectivity index (χ0v) is 18.9. The number of carbonyl (C=O) groups is 1. The van der Waals surface area contributed by atoms with Gasteiger partial charge in [-0.15, -0.1) is 0 Å². The molecule has 4 aromatic rings. The Morgan fingerprint density at radius 2 is 1.77 bits per heavy atom. The van der Waals surface area contributed by atoms with E-state index in [4.69, 9.17) is 10.5 Å². The van der Waals surface area contributed by atoms with Gasteiger partial charge in [0.05, 0.1) is 17.3 Å². The lowest BCUT2D eigenvalue weighted by Gasteiger charge is -2.18. The van der Waals surface area contributed by atoms with E-state index in [0.29, 0.717) is 16.8 Å². The molecule has 182 valence electrons. The summed E-state index contributed by atoms with van der Waals surface area (Å²) in [5, 5.41) is 2.72. The van der Waals surface area contributed by atoms with Crippen LogP contribution in [0.15, 0.2) is 48.7 Å². The normalized spacial score (nSPS) is 12.1. The molecule has 2 aromatic carbocycles. The first-order valence-electron chi connectivity index (χ1n) is 10.7. The van der Waals surface area contributed by atoms with Gasteiger partial charge in [-0.2, -0.15) is 0 Å². The highest BCUT2D eigenvalue weighted by atomic mass is 19.2. The Kier molecular flexibility index (Phi) is 6.74. The van der Waals surface area contributed by atoms with Gasteiger partial charge in [0, 0.05) is 12.7 Å². The van der Waals surface area contributed by atoms with E-state index in [1.54, 1.807) is 26.1 Å². The van der Waals surface area contributed by atoms with Crippen LogP contribution in [0.25, 0.3) is 5.65 Å². The summed E-state index contributed by atoms with van der Waals surface area (Å²) in [6, 6.07) is 7.68. The minimum Gasteiger partial charge on any atom is -0.485 e. The third-order valence-corrected chi connectivity index (χ3v) is 5.53. The van der Waals surface area contributed by atoms with E-state index in [9.17, 15) is 22.4 Å². The molecular weight excluding hydrogens is 464 g/mol. The van der Waals surface area contributed by atoms with Gasteiger partial charge in [-0.25, -0.2) is 22.5 Å². The van der Waals surface area contributed by atoms with Gasteiger partial charge in [-0.1, -0.05) is 12.1 Å². The number of pyridine rings is 1. The second-order valence-corrected chi connectivity index (χ2v) is 8.05. The van der Waals surface area contributed by atoms with Crippen LogP contribution in [0.4, 0.5) is 17.6 Å². The summed E-state index contributed by atoms with van der Waals surface area (Å²) in [6.07, 6.45) is 1.66. The summed E-state index contributed by atoms with van der Waals surface area (Å²) in [4.78, 5) is 17.6. The number of imidazole rings is 1. The van der Waals surface area contributed by atoms with E-state index in [-0.39, 0.29) is 35.8 Å². The van der Waals surface area contributed by atoms with E-state index < -0.39 is 35.2 Å². The van der Waals surface area contributed by atoms with Crippen molar-refractivity contribution in [2.24, 2.45) is 5.73 Å². The second-order valence-electron chi connectivity index (χ2n) is 8.05. The number of carbonyl (C=O) groups excluding carboxylic acids is 1. The zero-order chi connectivity index (χ0) is 25.3. The molecule has 35 heavy (non-hydrogen) atoms. The monoisotopic (exact) mass is 486 g/mol. The number of aromatic nitrogens is 2. The summed E-state index contributed by atoms with van der Waals surface area (Å²) in [5.74, 6) is -3.86. The summed E-state index contributed by atoms with van der Waals surface area (Å²) < 4.78 is 62.2. The molecular formula is C25H22F4N4O2. The predicted molar refractivity (Wildman–Crippen MR) is 121 cm³/mol. The highest BCUT2D eigenvalue weighted by molar-refractivity contribution is 5.95. The third kappa shape index (κ3) is 4.83. The molecule has 0 aliphatic heterocycles. The van der Waals surface area contributed by atoms with Gasteiger partial charge >= 0.3 is 0 Å². The van der Waals surface area contributed by atoms with Gasteiger partial charge in [0.2, 0.25) is 0 Å². The molecule has 1 amide bonds. The van der Waals surface area contributed by atoms with E-state index in [1.807, 2.05) is 0 Å². The molecule has 0 bridgehead atoms. The van der Waals surface area contributed by atoms with Gasteiger partial charge in [0.15, 0.2) is 23.0 Å². The summed E-state index contributed by atoms with van der Waals surface area (Å²) in [6.45, 7) is 2.94. The fourth-order valence-corrected chi connectivity index (χ4v) is 3.79. The zero-order valence-electron chi connectivity index (χ0n) is 18.9. The number of aryl methyl sites for hydroxylation is 2. The molecule has 0 spiro atoms. The third-order valence-electron chi connectivity index (χ3n) is 5.53. The van der Waals surface area contributed by atoms with Gasteiger partial charge in [0.1, 0.15) is 23.9 Å². The van der Waals surface area contributed by atoms with E-state index >= 15 is 0 Å². The van der Waals surface area contributed by atoms with Crippen LogP contribution in [0.3, 0.4) is 0 Å². The number of benzene rings is 2. The van der Waals surface area contributed by atoms with Crippen LogP contribution < -0.4 is 15.8 Å². The minimum atomic E-state index is -1.05. The van der Waals surface area contributed by atoms with Crippen LogP contribution in [0, 0.1) is 37.1 Å². The molecule has 4 rings (SSSR count). The maximum Gasteiger partial charge on any atom is 0.270 e. The molecule has 3 N–H and O–H groups in total. The molecule has 1 unspecified atom stereocenters. The number of fused-ring (bicyclic) bond motifs is 1. The molecule has 0 aliphatic rings. The first-order chi connectivity index (χ1) is 16.7. The number of nitrogens with zero attached hydrogens (tertiary/aromatic N) is 2. The molecule has 0 saturated carbocycles. The molecule has 10 heteroatoms. The molecule has 2 heterocycles. The van der Waals surface area contributed by atoms with Gasteiger partial charge < -0.3 is 15.8 Å². The molecule has 0 fully saturated rings. The van der Waals surface area contributed by atoms with Gasteiger partial charge in [0.25, 0.3) is 5.91 Å². The SMILES string of the molecule is Cc1cc(OCc2c(F)cccc2F)c2nc(C)c(C(=O)NC(CN)c3ccc(F)c(F)c3)n2c1. The lowest BCUT2D eigenvalue weighted by molar-refractivity contribution is 0.0931. The predicted octanol–water partition coefficient (Wildman–Crippen LogP) is 4.52. The van der Waals surface area contributed by atoms with Crippen molar-refractivity contribution in [3.05, 3.63) is 100 Å². The Morgan fingerprint density at radius 1 is 1.06 bits per heavy atom. The Bertz CT molecular complexity index is 1400. The maximum atomic E-state index is 14.0. The maximum absolute atomic E-state index is 14.0. The lowest BCUT2D eigenvalue weighted by Crippen LogP contribution is -2.34. The van der Waals surface area contributed by atoms with Crippen LogP contribution in [0.1, 0.15) is 38.9 Å². The van der Waals surface area contributed by atoms with Crippen molar-refractivity contribution in [3.63, 3.8) is 0 Å². The number of rotatable bonds is 7. The van der Waals surface area contributed by atoms with Crippen molar-refractivity contribution < 1.29 is 27.1 Å². The van der Waals surface area contributed by atoms with Crippen molar-refractivity contribution in [1.29, 1.82) is 0 Å². The number of amides is 1. The highest BCUT2D eigenvalue weighted by Crippen LogP contribution is 2.26. The number of ether oxygens (including phenoxy) is 1. The Morgan fingerprint density at radius 3 is 2.43 bits per heavy atom. The van der Waals surface area contributed by atoms with E-state index in [1.165, 1.54) is 16.5 Å². The minimum absolute atomic E-state index is 0.0613. The van der Waals surface area contributed by atoms with Crippen LogP contribution in [0.5, 0.6) is 5.75 Å². The molecule has 1 atom stereocenters. The van der Waals surface area contributed by atoms with Crippen LogP contribution in [-0.2, 0) is 6.61 Å². The quantitative estimate of drug-likeness (QED) is 0.377. The highest BCUT2D eigenvalue weighted by Gasteiger charge is 2.23. The van der Waals surface area contributed by atoms with Crippen molar-refractivity contribution in [2.75, 3.05) is 6.54 Å². The largest absolute Gasteiger partial charge is 0.485 e. The molecule has 0 radical (unpaired) electrons. The molecule has 0 saturated heterocycles. The fraction of sp³-hybridized carbons (Fsp3) is 0.200. The van der Waals surface area contributed by atoms with Gasteiger partial charge in [-0.05, 0) is 55.3 Å². The standard InChI is InChI=1S/C25H22F4N4O2/c1-13-8-22(35-12-16-17(26)4-3-5-18(16)27)24-31-14(2)23(33(24)11-13)25(34)32-21(10-30)15-6-7-19(28)20(29)9-15/h3-9,11,21H,10,12,30H2,1-2H3,(H,32,34). The Labute approximate surface area is 198 Å². The number of nitrogens with one attached hydrogen (secondary N) is 1. The van der Waals surface area contributed by atoms with Crippen LogP contribution in [-0.4, -0.2) is 21.8 Å². The molecule has 0 aliphatic carbocycles. The number of hydrogen-bond donors (Lipinski definition) is 2. The summed E-state index contributed by atoms with van der Waals surface area (Å²) in [7, 11) is 0. The Balaban J connectivity index is 1.65. The fourth-order valence-electron chi connectivity index (χ4n) is 3.79. The average molecular weight is 486 g/mol. The van der Waals surface area contributed by atoms with Crippen molar-refractivity contribution in [2.45, 2.75) is 26.5 Å². The first kappa shape index (κ1) is 24.2. The van der Waals surface area contributed by atoms with Crippen LogP contribution >= 0.6 is 0 Å². The average Bonchev–Trinajstić information content (AvgIpc) is 3.14. The topological polar surface area (TPSA) is 81.6 Å². The smallest absolute Gasteiger partial charge is 0.270 e. The molecule has 6 nitrogen and oxygen atoms in total. The number of hydrogen-bond acceptors (Lipinski definition) is 4. The second kappa shape index (κ2) is 9.75. The Hall–Kier alpha value is -3.92. The van der Waals surface area contributed by atoms with Gasteiger partial charge in [-0.3, -0.25) is 9.20 Å². The lowest BCUT2D eigenvalue weighted by atomic mass is 10.1. The summed E-state index contributed by atoms with van der Waals surface area (Å²) >= 11 is 0. The van der Waals surface area contributed by atoms with E-state index in [0.717, 1.165) is 24.3 Å². The van der Waals surface area contributed by atoms with Crippen molar-refractivity contribution in [3.8, 4) is 5.75 Å². The van der Waals surface area contributed by atoms with Crippen molar-refractivity contribution >= 4 is 11.6 Å².